The van der Waals surface area contributed by atoms with Crippen molar-refractivity contribution in [3.8, 4) is 5.75 Å². The van der Waals surface area contributed by atoms with Crippen molar-refractivity contribution < 1.29 is 10.0 Å². The number of benzene rings is 3. The molecule has 0 amide bonds. The standard InChI is InChI=1S/C22H22N2O3/c25-20-13-10-16-6-2-3-7-19(16)21(20)22(23-14-4-1-5-15-23)17-8-11-18(12-9-17)24(26)27/h2-3,6-13,22,25H,1,4-5,14-15H2. The maximum absolute atomic E-state index is 11.0. The van der Waals surface area contributed by atoms with Crippen LogP contribution in [0.5, 0.6) is 5.75 Å². The number of fused-ring (bicyclic) bond motifs is 1. The summed E-state index contributed by atoms with van der Waals surface area (Å²) in [7, 11) is 0. The summed E-state index contributed by atoms with van der Waals surface area (Å²) in [5, 5.41) is 23.9. The summed E-state index contributed by atoms with van der Waals surface area (Å²) in [6.45, 7) is 1.90. The summed E-state index contributed by atoms with van der Waals surface area (Å²) in [6, 6.07) is 18.3. The van der Waals surface area contributed by atoms with Gasteiger partial charge in [0.05, 0.1) is 11.0 Å². The first kappa shape index (κ1) is 17.5. The minimum absolute atomic E-state index is 0.0817. The molecule has 0 spiro atoms. The molecular formula is C22H22N2O3. The number of hydrogen-bond acceptors (Lipinski definition) is 4. The molecule has 1 unspecified atom stereocenters. The Morgan fingerprint density at radius 2 is 1.63 bits per heavy atom. The molecule has 3 aromatic carbocycles. The summed E-state index contributed by atoms with van der Waals surface area (Å²) in [4.78, 5) is 13.0. The minimum atomic E-state index is -0.380. The molecule has 27 heavy (non-hydrogen) atoms. The monoisotopic (exact) mass is 362 g/mol. The molecule has 0 aliphatic carbocycles. The van der Waals surface area contributed by atoms with Crippen molar-refractivity contribution in [1.29, 1.82) is 0 Å². The number of phenols is 1. The molecule has 5 heteroatoms. The predicted octanol–water partition coefficient (Wildman–Crippen LogP) is 5.03. The summed E-state index contributed by atoms with van der Waals surface area (Å²) in [5.41, 5.74) is 1.93. The van der Waals surface area contributed by atoms with Crippen molar-refractivity contribution in [1.82, 2.24) is 4.90 Å². The van der Waals surface area contributed by atoms with Gasteiger partial charge in [0.2, 0.25) is 0 Å². The lowest BCUT2D eigenvalue weighted by Gasteiger charge is -2.36. The van der Waals surface area contributed by atoms with E-state index in [2.05, 4.69) is 4.90 Å². The minimum Gasteiger partial charge on any atom is -0.508 e. The van der Waals surface area contributed by atoms with Gasteiger partial charge in [-0.3, -0.25) is 15.0 Å². The van der Waals surface area contributed by atoms with Gasteiger partial charge in [0, 0.05) is 17.7 Å². The number of aromatic hydroxyl groups is 1. The Kier molecular flexibility index (Phi) is 4.77. The first-order valence-electron chi connectivity index (χ1n) is 9.34. The lowest BCUT2D eigenvalue weighted by atomic mass is 9.90. The molecular weight excluding hydrogens is 340 g/mol. The van der Waals surface area contributed by atoms with Gasteiger partial charge in [0.25, 0.3) is 5.69 Å². The average Bonchev–Trinajstić information content (AvgIpc) is 2.71. The predicted molar refractivity (Wildman–Crippen MR) is 106 cm³/mol. The fourth-order valence-electron chi connectivity index (χ4n) is 4.09. The van der Waals surface area contributed by atoms with Crippen molar-refractivity contribution in [3.05, 3.63) is 81.9 Å². The van der Waals surface area contributed by atoms with Crippen molar-refractivity contribution in [2.75, 3.05) is 13.1 Å². The number of nitro groups is 1. The van der Waals surface area contributed by atoms with Crippen LogP contribution < -0.4 is 0 Å². The molecule has 0 bridgehead atoms. The molecule has 3 aromatic rings. The van der Waals surface area contributed by atoms with Crippen LogP contribution in [0.15, 0.2) is 60.7 Å². The second-order valence-electron chi connectivity index (χ2n) is 7.07. The van der Waals surface area contributed by atoms with Crippen molar-refractivity contribution in [3.63, 3.8) is 0 Å². The van der Waals surface area contributed by atoms with E-state index in [0.717, 1.165) is 47.8 Å². The second-order valence-corrected chi connectivity index (χ2v) is 7.07. The molecule has 5 nitrogen and oxygen atoms in total. The Morgan fingerprint density at radius 3 is 2.33 bits per heavy atom. The van der Waals surface area contributed by atoms with Gasteiger partial charge in [-0.2, -0.15) is 0 Å². The lowest BCUT2D eigenvalue weighted by molar-refractivity contribution is -0.384. The van der Waals surface area contributed by atoms with Crippen LogP contribution in [-0.4, -0.2) is 28.0 Å². The number of likely N-dealkylation sites (tertiary alicyclic amines) is 1. The molecule has 1 atom stereocenters. The van der Waals surface area contributed by atoms with Gasteiger partial charge < -0.3 is 5.11 Å². The third-order valence-corrected chi connectivity index (χ3v) is 5.40. The van der Waals surface area contributed by atoms with Gasteiger partial charge >= 0.3 is 0 Å². The molecule has 1 saturated heterocycles. The van der Waals surface area contributed by atoms with E-state index in [0.29, 0.717) is 0 Å². The van der Waals surface area contributed by atoms with Crippen LogP contribution >= 0.6 is 0 Å². The van der Waals surface area contributed by atoms with Crippen LogP contribution in [0.25, 0.3) is 10.8 Å². The fourth-order valence-corrected chi connectivity index (χ4v) is 4.09. The first-order chi connectivity index (χ1) is 13.1. The van der Waals surface area contributed by atoms with Gasteiger partial charge in [-0.1, -0.05) is 48.9 Å². The zero-order valence-electron chi connectivity index (χ0n) is 15.0. The lowest BCUT2D eigenvalue weighted by Crippen LogP contribution is -2.34. The summed E-state index contributed by atoms with van der Waals surface area (Å²) in [6.07, 6.45) is 3.45. The fraction of sp³-hybridized carbons (Fsp3) is 0.273. The Labute approximate surface area is 158 Å². The Morgan fingerprint density at radius 1 is 0.926 bits per heavy atom. The summed E-state index contributed by atoms with van der Waals surface area (Å²) in [5.74, 6) is 0.266. The highest BCUT2D eigenvalue weighted by Gasteiger charge is 2.28. The van der Waals surface area contributed by atoms with E-state index in [-0.39, 0.29) is 22.4 Å². The SMILES string of the molecule is O=[N+]([O-])c1ccc(C(c2c(O)ccc3ccccc23)N2CCCCC2)cc1. The number of piperidine rings is 1. The van der Waals surface area contributed by atoms with Crippen LogP contribution in [0.1, 0.15) is 36.4 Å². The Balaban J connectivity index is 1.88. The number of nitro benzene ring substituents is 1. The normalized spacial score (nSPS) is 16.3. The van der Waals surface area contributed by atoms with E-state index in [1.807, 2.05) is 42.5 Å². The van der Waals surface area contributed by atoms with E-state index in [9.17, 15) is 15.2 Å². The number of hydrogen-bond donors (Lipinski definition) is 1. The van der Waals surface area contributed by atoms with E-state index in [1.165, 1.54) is 6.42 Å². The van der Waals surface area contributed by atoms with E-state index < -0.39 is 0 Å². The molecule has 1 aliphatic heterocycles. The maximum Gasteiger partial charge on any atom is 0.269 e. The van der Waals surface area contributed by atoms with E-state index >= 15 is 0 Å². The van der Waals surface area contributed by atoms with Crippen molar-refractivity contribution >= 4 is 16.5 Å². The molecule has 1 fully saturated rings. The maximum atomic E-state index is 11.0. The average molecular weight is 362 g/mol. The van der Waals surface area contributed by atoms with E-state index in [4.69, 9.17) is 0 Å². The third-order valence-electron chi connectivity index (χ3n) is 5.40. The van der Waals surface area contributed by atoms with Gasteiger partial charge in [0.15, 0.2) is 0 Å². The number of nitrogens with zero attached hydrogens (tertiary/aromatic N) is 2. The van der Waals surface area contributed by atoms with Crippen LogP contribution in [0.3, 0.4) is 0 Å². The Hall–Kier alpha value is -2.92. The molecule has 1 N–H and O–H groups in total. The zero-order chi connectivity index (χ0) is 18.8. The molecule has 0 saturated carbocycles. The smallest absolute Gasteiger partial charge is 0.269 e. The van der Waals surface area contributed by atoms with Crippen molar-refractivity contribution in [2.24, 2.45) is 0 Å². The van der Waals surface area contributed by atoms with Crippen LogP contribution in [0.4, 0.5) is 5.69 Å². The van der Waals surface area contributed by atoms with Gasteiger partial charge in [0.1, 0.15) is 5.75 Å². The van der Waals surface area contributed by atoms with Crippen LogP contribution in [0.2, 0.25) is 0 Å². The van der Waals surface area contributed by atoms with Gasteiger partial charge in [-0.25, -0.2) is 0 Å². The quantitative estimate of drug-likeness (QED) is 0.522. The second kappa shape index (κ2) is 7.37. The molecule has 138 valence electrons. The van der Waals surface area contributed by atoms with E-state index in [1.54, 1.807) is 18.2 Å². The molecule has 0 aromatic heterocycles. The van der Waals surface area contributed by atoms with Crippen LogP contribution in [-0.2, 0) is 0 Å². The van der Waals surface area contributed by atoms with Gasteiger partial charge in [-0.05, 0) is 48.3 Å². The van der Waals surface area contributed by atoms with Gasteiger partial charge in [-0.15, -0.1) is 0 Å². The topological polar surface area (TPSA) is 66.6 Å². The highest BCUT2D eigenvalue weighted by atomic mass is 16.6. The summed E-state index contributed by atoms with van der Waals surface area (Å²) >= 11 is 0. The molecule has 0 radical (unpaired) electrons. The Bertz CT molecular complexity index is 963. The zero-order valence-corrected chi connectivity index (χ0v) is 15.0. The first-order valence-corrected chi connectivity index (χ1v) is 9.34. The molecule has 1 aliphatic rings. The number of non-ortho nitro benzene ring substituents is 1. The molecule has 4 rings (SSSR count). The molecule has 1 heterocycles. The highest BCUT2D eigenvalue weighted by molar-refractivity contribution is 5.88. The van der Waals surface area contributed by atoms with Crippen LogP contribution in [0, 0.1) is 10.1 Å². The highest BCUT2D eigenvalue weighted by Crippen LogP contribution is 2.40. The number of rotatable bonds is 4. The van der Waals surface area contributed by atoms with Crippen molar-refractivity contribution in [2.45, 2.75) is 25.3 Å². The largest absolute Gasteiger partial charge is 0.508 e. The summed E-state index contributed by atoms with van der Waals surface area (Å²) < 4.78 is 0. The number of phenolic OH excluding ortho intramolecular Hbond substituents is 1. The third kappa shape index (κ3) is 3.38.